The smallest absolute Gasteiger partial charge is 0.233 e. The highest BCUT2D eigenvalue weighted by Crippen LogP contribution is 2.29. The van der Waals surface area contributed by atoms with Crippen molar-refractivity contribution in [1.29, 1.82) is 0 Å². The van der Waals surface area contributed by atoms with E-state index in [1.165, 1.54) is 30.2 Å². The molecule has 0 unspecified atom stereocenters. The van der Waals surface area contributed by atoms with Gasteiger partial charge in [-0.15, -0.1) is 0 Å². The van der Waals surface area contributed by atoms with Gasteiger partial charge in [0, 0.05) is 25.7 Å². The second kappa shape index (κ2) is 7.47. The Morgan fingerprint density at radius 1 is 1.23 bits per heavy atom. The molecular formula is C17H22N2OS2. The first-order chi connectivity index (χ1) is 10.7. The van der Waals surface area contributed by atoms with Gasteiger partial charge in [-0.1, -0.05) is 54.3 Å². The van der Waals surface area contributed by atoms with Gasteiger partial charge >= 0.3 is 0 Å². The molecule has 0 N–H and O–H groups in total. The van der Waals surface area contributed by atoms with Gasteiger partial charge < -0.3 is 9.80 Å². The predicted octanol–water partition coefficient (Wildman–Crippen LogP) is 3.29. The Morgan fingerprint density at radius 3 is 2.55 bits per heavy atom. The highest BCUT2D eigenvalue weighted by molar-refractivity contribution is 8.23. The zero-order valence-electron chi connectivity index (χ0n) is 12.7. The van der Waals surface area contributed by atoms with Gasteiger partial charge in [-0.05, 0) is 31.2 Å². The fraction of sp³-hybridized carbons (Fsp3) is 0.529. The Bertz CT molecular complexity index is 525. The minimum atomic E-state index is 0.220. The zero-order chi connectivity index (χ0) is 15.4. The van der Waals surface area contributed by atoms with Crippen LogP contribution in [0.3, 0.4) is 0 Å². The van der Waals surface area contributed by atoms with Crippen molar-refractivity contribution in [2.45, 2.75) is 38.3 Å². The molecule has 2 fully saturated rings. The van der Waals surface area contributed by atoms with E-state index < -0.39 is 0 Å². The SMILES string of the molecule is O=C(CSC(=S)N1CCCC1)N(Cc1ccccc1)C1CC1. The minimum absolute atomic E-state index is 0.220. The van der Waals surface area contributed by atoms with E-state index in [0.29, 0.717) is 11.8 Å². The summed E-state index contributed by atoms with van der Waals surface area (Å²) in [5.74, 6) is 0.691. The molecule has 0 spiro atoms. The molecule has 1 saturated carbocycles. The van der Waals surface area contributed by atoms with E-state index in [0.717, 1.165) is 36.8 Å². The number of likely N-dealkylation sites (tertiary alicyclic amines) is 1. The Balaban J connectivity index is 1.53. The standard InChI is InChI=1S/C17H22N2OS2/c20-16(13-22-17(21)18-10-4-5-11-18)19(15-8-9-15)12-14-6-2-1-3-7-14/h1-3,6-7,15H,4-5,8-13H2. The van der Waals surface area contributed by atoms with E-state index in [-0.39, 0.29) is 5.91 Å². The van der Waals surface area contributed by atoms with Crippen molar-refractivity contribution in [2.24, 2.45) is 0 Å². The molecule has 5 heteroatoms. The molecular weight excluding hydrogens is 312 g/mol. The maximum Gasteiger partial charge on any atom is 0.233 e. The topological polar surface area (TPSA) is 23.6 Å². The van der Waals surface area contributed by atoms with Crippen LogP contribution in [0.15, 0.2) is 30.3 Å². The maximum atomic E-state index is 12.6. The lowest BCUT2D eigenvalue weighted by molar-refractivity contribution is -0.129. The first kappa shape index (κ1) is 15.8. The van der Waals surface area contributed by atoms with Crippen LogP contribution in [-0.4, -0.2) is 44.9 Å². The molecule has 118 valence electrons. The number of nitrogens with zero attached hydrogens (tertiary/aromatic N) is 2. The summed E-state index contributed by atoms with van der Waals surface area (Å²) in [4.78, 5) is 16.8. The normalized spacial score (nSPS) is 17.5. The molecule has 1 saturated heterocycles. The van der Waals surface area contributed by atoms with Crippen LogP contribution in [0.1, 0.15) is 31.2 Å². The quantitative estimate of drug-likeness (QED) is 0.771. The summed E-state index contributed by atoms with van der Waals surface area (Å²) in [5.41, 5.74) is 1.20. The zero-order valence-corrected chi connectivity index (χ0v) is 14.4. The van der Waals surface area contributed by atoms with Gasteiger partial charge in [-0.3, -0.25) is 4.79 Å². The van der Waals surface area contributed by atoms with Crippen LogP contribution in [0.5, 0.6) is 0 Å². The van der Waals surface area contributed by atoms with Gasteiger partial charge in [0.05, 0.1) is 5.75 Å². The Labute approximate surface area is 142 Å². The summed E-state index contributed by atoms with van der Waals surface area (Å²) in [6.45, 7) is 2.83. The molecule has 0 aromatic heterocycles. The Kier molecular flexibility index (Phi) is 5.37. The van der Waals surface area contributed by atoms with Crippen molar-refractivity contribution >= 4 is 34.2 Å². The lowest BCUT2D eigenvalue weighted by Gasteiger charge is -2.23. The molecule has 1 aliphatic carbocycles. The fourth-order valence-corrected chi connectivity index (χ4v) is 3.92. The Hall–Kier alpha value is -1.07. The number of amides is 1. The van der Waals surface area contributed by atoms with E-state index in [2.05, 4.69) is 17.0 Å². The molecule has 0 atom stereocenters. The summed E-state index contributed by atoms with van der Waals surface area (Å²) in [6.07, 6.45) is 4.72. The van der Waals surface area contributed by atoms with Gasteiger partial charge in [-0.25, -0.2) is 0 Å². The molecule has 1 aliphatic heterocycles. The van der Waals surface area contributed by atoms with Crippen molar-refractivity contribution in [1.82, 2.24) is 9.80 Å². The molecule has 1 aromatic rings. The molecule has 3 nitrogen and oxygen atoms in total. The van der Waals surface area contributed by atoms with Gasteiger partial charge in [0.1, 0.15) is 4.32 Å². The fourth-order valence-electron chi connectivity index (χ4n) is 2.78. The molecule has 0 bridgehead atoms. The predicted molar refractivity (Wildman–Crippen MR) is 95.9 cm³/mol. The third-order valence-corrected chi connectivity index (χ3v) is 5.70. The van der Waals surface area contributed by atoms with Crippen LogP contribution >= 0.6 is 24.0 Å². The van der Waals surface area contributed by atoms with Crippen LogP contribution in [0.25, 0.3) is 0 Å². The highest BCUT2D eigenvalue weighted by atomic mass is 32.2. The first-order valence-corrected chi connectivity index (χ1v) is 9.38. The van der Waals surface area contributed by atoms with Crippen LogP contribution in [-0.2, 0) is 11.3 Å². The molecule has 0 radical (unpaired) electrons. The summed E-state index contributed by atoms with van der Waals surface area (Å²) < 4.78 is 0.890. The average Bonchev–Trinajstić information content (AvgIpc) is 3.24. The second-order valence-electron chi connectivity index (χ2n) is 5.99. The van der Waals surface area contributed by atoms with Crippen molar-refractivity contribution in [3.63, 3.8) is 0 Å². The van der Waals surface area contributed by atoms with E-state index in [1.807, 2.05) is 23.1 Å². The van der Waals surface area contributed by atoms with E-state index >= 15 is 0 Å². The van der Waals surface area contributed by atoms with Gasteiger partial charge in [0.25, 0.3) is 0 Å². The van der Waals surface area contributed by atoms with Crippen molar-refractivity contribution < 1.29 is 4.79 Å². The van der Waals surface area contributed by atoms with Crippen molar-refractivity contribution in [3.05, 3.63) is 35.9 Å². The number of rotatable bonds is 5. The largest absolute Gasteiger partial charge is 0.358 e. The van der Waals surface area contributed by atoms with Crippen molar-refractivity contribution in [2.75, 3.05) is 18.8 Å². The molecule has 22 heavy (non-hydrogen) atoms. The van der Waals surface area contributed by atoms with Crippen LogP contribution in [0.2, 0.25) is 0 Å². The lowest BCUT2D eigenvalue weighted by Crippen LogP contribution is -2.35. The number of hydrogen-bond donors (Lipinski definition) is 0. The maximum absolute atomic E-state index is 12.6. The average molecular weight is 335 g/mol. The van der Waals surface area contributed by atoms with Crippen LogP contribution < -0.4 is 0 Å². The van der Waals surface area contributed by atoms with E-state index in [1.54, 1.807) is 0 Å². The number of hydrogen-bond acceptors (Lipinski definition) is 3. The summed E-state index contributed by atoms with van der Waals surface area (Å²) in [5, 5.41) is 0. The summed E-state index contributed by atoms with van der Waals surface area (Å²) >= 11 is 6.98. The Morgan fingerprint density at radius 2 is 1.91 bits per heavy atom. The van der Waals surface area contributed by atoms with E-state index in [9.17, 15) is 4.79 Å². The van der Waals surface area contributed by atoms with Crippen LogP contribution in [0, 0.1) is 0 Å². The number of carbonyl (C=O) groups excluding carboxylic acids is 1. The molecule has 1 heterocycles. The number of benzene rings is 1. The number of thioether (sulfide) groups is 1. The lowest BCUT2D eigenvalue weighted by atomic mass is 10.2. The molecule has 1 amide bonds. The van der Waals surface area contributed by atoms with Crippen LogP contribution in [0.4, 0.5) is 0 Å². The van der Waals surface area contributed by atoms with Gasteiger partial charge in [0.15, 0.2) is 0 Å². The van der Waals surface area contributed by atoms with E-state index in [4.69, 9.17) is 12.2 Å². The number of carbonyl (C=O) groups is 1. The second-order valence-corrected chi connectivity index (χ2v) is 7.60. The molecule has 2 aliphatic rings. The molecule has 1 aromatic carbocycles. The molecule has 3 rings (SSSR count). The van der Waals surface area contributed by atoms with Crippen molar-refractivity contribution in [3.8, 4) is 0 Å². The first-order valence-electron chi connectivity index (χ1n) is 7.99. The van der Waals surface area contributed by atoms with Gasteiger partial charge in [0.2, 0.25) is 5.91 Å². The highest BCUT2D eigenvalue weighted by Gasteiger charge is 2.32. The summed E-state index contributed by atoms with van der Waals surface area (Å²) in [7, 11) is 0. The number of thiocarbonyl (C=S) groups is 1. The monoisotopic (exact) mass is 334 g/mol. The third kappa shape index (κ3) is 4.23. The third-order valence-electron chi connectivity index (χ3n) is 4.19. The minimum Gasteiger partial charge on any atom is -0.358 e. The van der Waals surface area contributed by atoms with Gasteiger partial charge in [-0.2, -0.15) is 0 Å². The summed E-state index contributed by atoms with van der Waals surface area (Å²) in [6, 6.07) is 10.7.